The molecule has 1 aliphatic rings. The number of rotatable bonds is 4. The lowest BCUT2D eigenvalue weighted by Crippen LogP contribution is -2.47. The highest BCUT2D eigenvalue weighted by Gasteiger charge is 2.22. The molecule has 1 aromatic carbocycles. The van der Waals surface area contributed by atoms with Gasteiger partial charge in [-0.2, -0.15) is 0 Å². The summed E-state index contributed by atoms with van der Waals surface area (Å²) in [7, 11) is 1.43. The molecule has 2 atom stereocenters. The van der Waals surface area contributed by atoms with E-state index in [1.807, 2.05) is 6.92 Å². The average Bonchev–Trinajstić information content (AvgIpc) is 2.48. The fraction of sp³-hybridized carbons (Fsp3) is 0.533. The van der Waals surface area contributed by atoms with Crippen LogP contribution in [0.1, 0.15) is 37.8 Å². The van der Waals surface area contributed by atoms with Gasteiger partial charge in [0, 0.05) is 0 Å². The number of halogens is 1. The lowest BCUT2D eigenvalue weighted by atomic mass is 10.0. The van der Waals surface area contributed by atoms with Gasteiger partial charge >= 0.3 is 0 Å². The maximum atomic E-state index is 13.7. The van der Waals surface area contributed by atoms with Gasteiger partial charge in [0.05, 0.1) is 19.2 Å². The molecule has 2 rings (SSSR count). The summed E-state index contributed by atoms with van der Waals surface area (Å²) in [5.74, 6) is -0.225. The van der Waals surface area contributed by atoms with Crippen molar-refractivity contribution in [3.05, 3.63) is 29.6 Å². The van der Waals surface area contributed by atoms with E-state index in [0.29, 0.717) is 0 Å². The molecule has 0 radical (unpaired) electrons. The average molecular weight is 280 g/mol. The van der Waals surface area contributed by atoms with Crippen molar-refractivity contribution in [1.29, 1.82) is 0 Å². The van der Waals surface area contributed by atoms with Crippen molar-refractivity contribution in [2.45, 2.75) is 38.3 Å². The molecule has 2 N–H and O–H groups in total. The van der Waals surface area contributed by atoms with E-state index < -0.39 is 5.82 Å². The number of piperidine rings is 1. The van der Waals surface area contributed by atoms with Crippen LogP contribution in [0.3, 0.4) is 0 Å². The Kier molecular flexibility index (Phi) is 4.95. The van der Waals surface area contributed by atoms with Gasteiger partial charge in [0.1, 0.15) is 0 Å². The largest absolute Gasteiger partial charge is 0.494 e. The van der Waals surface area contributed by atoms with Crippen LogP contribution in [0.15, 0.2) is 18.2 Å². The number of methoxy groups -OCH3 is 1. The first-order valence-electron chi connectivity index (χ1n) is 6.99. The zero-order valence-corrected chi connectivity index (χ0v) is 11.9. The van der Waals surface area contributed by atoms with Gasteiger partial charge in [0.25, 0.3) is 0 Å². The van der Waals surface area contributed by atoms with Crippen molar-refractivity contribution in [3.63, 3.8) is 0 Å². The van der Waals surface area contributed by atoms with E-state index in [1.165, 1.54) is 13.2 Å². The molecule has 1 aromatic rings. The summed E-state index contributed by atoms with van der Waals surface area (Å²) in [5, 5.41) is 6.12. The molecule has 110 valence electrons. The van der Waals surface area contributed by atoms with E-state index in [2.05, 4.69) is 10.6 Å². The normalized spacial score (nSPS) is 20.2. The highest BCUT2D eigenvalue weighted by molar-refractivity contribution is 5.82. The minimum absolute atomic E-state index is 0.0200. The predicted octanol–water partition coefficient (Wildman–Crippen LogP) is 2.15. The van der Waals surface area contributed by atoms with Crippen LogP contribution in [0.2, 0.25) is 0 Å². The number of carbonyl (C=O) groups is 1. The predicted molar refractivity (Wildman–Crippen MR) is 75.2 cm³/mol. The zero-order valence-electron chi connectivity index (χ0n) is 11.9. The Balaban J connectivity index is 1.98. The van der Waals surface area contributed by atoms with Gasteiger partial charge in [0.2, 0.25) is 5.91 Å². The molecule has 0 aromatic heterocycles. The van der Waals surface area contributed by atoms with Gasteiger partial charge in [-0.05, 0) is 44.0 Å². The van der Waals surface area contributed by atoms with Gasteiger partial charge in [-0.3, -0.25) is 4.79 Å². The van der Waals surface area contributed by atoms with Gasteiger partial charge < -0.3 is 15.4 Å². The SMILES string of the molecule is COc1ccc(C(C)NC(=O)[C@H]2CCCCN2)cc1F. The van der Waals surface area contributed by atoms with Gasteiger partial charge in [-0.1, -0.05) is 12.5 Å². The van der Waals surface area contributed by atoms with Gasteiger partial charge in [0.15, 0.2) is 11.6 Å². The number of amides is 1. The molecule has 1 fully saturated rings. The lowest BCUT2D eigenvalue weighted by Gasteiger charge is -2.24. The summed E-state index contributed by atoms with van der Waals surface area (Å²) in [4.78, 5) is 12.1. The zero-order chi connectivity index (χ0) is 14.5. The summed E-state index contributed by atoms with van der Waals surface area (Å²) in [6, 6.07) is 4.38. The molecule has 1 amide bonds. The van der Waals surface area contributed by atoms with Crippen molar-refractivity contribution in [2.75, 3.05) is 13.7 Å². The molecule has 1 saturated heterocycles. The number of carbonyl (C=O) groups excluding carboxylic acids is 1. The summed E-state index contributed by atoms with van der Waals surface area (Å²) in [5.41, 5.74) is 0.729. The van der Waals surface area contributed by atoms with Gasteiger partial charge in [-0.25, -0.2) is 4.39 Å². The molecular formula is C15H21FN2O2. The standard InChI is InChI=1S/C15H21FN2O2/c1-10(11-6-7-14(20-2)12(16)9-11)18-15(19)13-5-3-4-8-17-13/h6-7,9-10,13,17H,3-5,8H2,1-2H3,(H,18,19)/t10?,13-/m1/s1. The van der Waals surface area contributed by atoms with E-state index in [9.17, 15) is 9.18 Å². The van der Waals surface area contributed by atoms with Crippen LogP contribution in [-0.2, 0) is 4.79 Å². The summed E-state index contributed by atoms with van der Waals surface area (Å²) < 4.78 is 18.5. The molecular weight excluding hydrogens is 259 g/mol. The van der Waals surface area contributed by atoms with Crippen molar-refractivity contribution in [3.8, 4) is 5.75 Å². The Morgan fingerprint density at radius 2 is 2.30 bits per heavy atom. The van der Waals surface area contributed by atoms with E-state index in [1.54, 1.807) is 12.1 Å². The quantitative estimate of drug-likeness (QED) is 0.888. The van der Waals surface area contributed by atoms with Crippen LogP contribution in [0.25, 0.3) is 0 Å². The van der Waals surface area contributed by atoms with Crippen LogP contribution in [0.5, 0.6) is 5.75 Å². The van der Waals surface area contributed by atoms with Crippen molar-refractivity contribution in [2.24, 2.45) is 0 Å². The monoisotopic (exact) mass is 280 g/mol. The fourth-order valence-electron chi connectivity index (χ4n) is 2.42. The molecule has 4 nitrogen and oxygen atoms in total. The number of benzene rings is 1. The van der Waals surface area contributed by atoms with Crippen molar-refractivity contribution >= 4 is 5.91 Å². The van der Waals surface area contributed by atoms with Crippen molar-refractivity contribution in [1.82, 2.24) is 10.6 Å². The topological polar surface area (TPSA) is 50.4 Å². The molecule has 1 aliphatic heterocycles. The second-order valence-corrected chi connectivity index (χ2v) is 5.13. The summed E-state index contributed by atoms with van der Waals surface area (Å²) >= 11 is 0. The Hall–Kier alpha value is -1.62. The van der Waals surface area contributed by atoms with Crippen molar-refractivity contribution < 1.29 is 13.9 Å². The Bertz CT molecular complexity index is 473. The van der Waals surface area contributed by atoms with Crippen LogP contribution in [0, 0.1) is 5.82 Å². The van der Waals surface area contributed by atoms with Crippen LogP contribution < -0.4 is 15.4 Å². The molecule has 0 saturated carbocycles. The molecule has 1 heterocycles. The number of nitrogens with one attached hydrogen (secondary N) is 2. The molecule has 20 heavy (non-hydrogen) atoms. The summed E-state index contributed by atoms with van der Waals surface area (Å²) in [6.45, 7) is 2.73. The minimum atomic E-state index is -0.415. The van der Waals surface area contributed by atoms with E-state index >= 15 is 0 Å². The first kappa shape index (κ1) is 14.8. The number of hydrogen-bond donors (Lipinski definition) is 2. The molecule has 1 unspecified atom stereocenters. The number of ether oxygens (including phenoxy) is 1. The minimum Gasteiger partial charge on any atom is -0.494 e. The van der Waals surface area contributed by atoms with Gasteiger partial charge in [-0.15, -0.1) is 0 Å². The van der Waals surface area contributed by atoms with Crippen LogP contribution in [0.4, 0.5) is 4.39 Å². The molecule has 0 bridgehead atoms. The first-order chi connectivity index (χ1) is 9.61. The highest BCUT2D eigenvalue weighted by Crippen LogP contribution is 2.22. The Morgan fingerprint density at radius 3 is 2.90 bits per heavy atom. The molecule has 0 spiro atoms. The Labute approximate surface area is 118 Å². The first-order valence-corrected chi connectivity index (χ1v) is 6.99. The highest BCUT2D eigenvalue weighted by atomic mass is 19.1. The lowest BCUT2D eigenvalue weighted by molar-refractivity contribution is -0.124. The third kappa shape index (κ3) is 3.48. The fourth-order valence-corrected chi connectivity index (χ4v) is 2.42. The second-order valence-electron chi connectivity index (χ2n) is 5.13. The maximum absolute atomic E-state index is 13.7. The molecule has 0 aliphatic carbocycles. The maximum Gasteiger partial charge on any atom is 0.237 e. The Morgan fingerprint density at radius 1 is 1.50 bits per heavy atom. The molecule has 5 heteroatoms. The number of hydrogen-bond acceptors (Lipinski definition) is 3. The third-order valence-corrected chi connectivity index (χ3v) is 3.66. The smallest absolute Gasteiger partial charge is 0.237 e. The van der Waals surface area contributed by atoms with Crippen LogP contribution >= 0.6 is 0 Å². The van der Waals surface area contributed by atoms with Crippen LogP contribution in [-0.4, -0.2) is 25.6 Å². The third-order valence-electron chi connectivity index (χ3n) is 3.66. The van der Waals surface area contributed by atoms with E-state index in [4.69, 9.17) is 4.74 Å². The second kappa shape index (κ2) is 6.70. The van der Waals surface area contributed by atoms with E-state index in [0.717, 1.165) is 31.4 Å². The summed E-state index contributed by atoms with van der Waals surface area (Å²) in [6.07, 6.45) is 3.04. The van der Waals surface area contributed by atoms with E-state index in [-0.39, 0.29) is 23.7 Å².